The van der Waals surface area contributed by atoms with Gasteiger partial charge in [-0.1, -0.05) is 19.4 Å². The molecular weight excluding hydrogens is 612 g/mol. The lowest BCUT2D eigenvalue weighted by atomic mass is 9.81. The molecule has 12 nitrogen and oxygen atoms in total. The zero-order valence-electron chi connectivity index (χ0n) is 25.1. The van der Waals surface area contributed by atoms with Gasteiger partial charge in [0.1, 0.15) is 17.3 Å². The molecule has 46 heavy (non-hydrogen) atoms. The first kappa shape index (κ1) is 32.4. The van der Waals surface area contributed by atoms with E-state index >= 15 is 8.78 Å². The van der Waals surface area contributed by atoms with Crippen molar-refractivity contribution in [3.8, 4) is 11.5 Å². The number of ketones is 1. The normalized spacial score (nSPS) is 17.8. The summed E-state index contributed by atoms with van der Waals surface area (Å²) >= 11 is 0. The summed E-state index contributed by atoms with van der Waals surface area (Å²) in [6.45, 7) is 2.02. The topological polar surface area (TPSA) is 135 Å². The Morgan fingerprint density at radius 1 is 1.11 bits per heavy atom. The van der Waals surface area contributed by atoms with Gasteiger partial charge in [-0.05, 0) is 30.9 Å². The fraction of sp³-hybridized carbons (Fsp3) is 0.400. The number of urea groups is 1. The third-order valence-corrected chi connectivity index (χ3v) is 7.84. The summed E-state index contributed by atoms with van der Waals surface area (Å²) in [5, 5.41) is 6.20. The molecule has 1 aromatic carbocycles. The summed E-state index contributed by atoms with van der Waals surface area (Å²) in [7, 11) is 2.29. The summed E-state index contributed by atoms with van der Waals surface area (Å²) in [5.41, 5.74) is -0.683. The van der Waals surface area contributed by atoms with Crippen molar-refractivity contribution in [1.29, 1.82) is 0 Å². The van der Waals surface area contributed by atoms with Crippen molar-refractivity contribution in [2.45, 2.75) is 51.1 Å². The van der Waals surface area contributed by atoms with E-state index in [-0.39, 0.29) is 40.9 Å². The minimum Gasteiger partial charge on any atom is -0.493 e. The van der Waals surface area contributed by atoms with Gasteiger partial charge in [0.05, 0.1) is 27.3 Å². The van der Waals surface area contributed by atoms with Gasteiger partial charge < -0.3 is 20.1 Å². The number of hydrogen-bond donors (Lipinski definition) is 2. The fourth-order valence-electron chi connectivity index (χ4n) is 5.63. The van der Waals surface area contributed by atoms with Crippen LogP contribution in [0.3, 0.4) is 0 Å². The molecule has 2 atom stereocenters. The summed E-state index contributed by atoms with van der Waals surface area (Å²) in [6, 6.07) is 1.35. The first-order chi connectivity index (χ1) is 22.1. The van der Waals surface area contributed by atoms with Crippen LogP contribution in [0.25, 0.3) is 0 Å². The van der Waals surface area contributed by atoms with Crippen LogP contribution >= 0.6 is 0 Å². The average molecular weight is 645 g/mol. The quantitative estimate of drug-likeness (QED) is 0.189. The van der Waals surface area contributed by atoms with E-state index in [0.717, 1.165) is 46.0 Å². The van der Waals surface area contributed by atoms with Crippen LogP contribution in [0, 0.1) is 17.6 Å². The molecule has 2 amide bonds. The number of rotatable bonds is 12. The Morgan fingerprint density at radius 3 is 2.50 bits per heavy atom. The molecule has 0 spiro atoms. The van der Waals surface area contributed by atoms with Crippen molar-refractivity contribution in [2.24, 2.45) is 5.92 Å². The SMILES string of the molecule is C=CC(=O)CC1CCCCC1Nc1nccc(Nc2ncc3c(n2)N(CC(F)F)C(=O)N(c2c(F)c(OC)cc(OC)c2F)C3)n1. The molecule has 16 heteroatoms. The van der Waals surface area contributed by atoms with Crippen LogP contribution < -0.4 is 29.9 Å². The molecule has 1 aliphatic heterocycles. The number of halogens is 4. The van der Waals surface area contributed by atoms with Crippen LogP contribution in [0.15, 0.2) is 37.2 Å². The Balaban J connectivity index is 1.41. The van der Waals surface area contributed by atoms with E-state index in [1.807, 2.05) is 0 Å². The van der Waals surface area contributed by atoms with Gasteiger partial charge in [-0.2, -0.15) is 9.97 Å². The maximum Gasteiger partial charge on any atom is 0.330 e. The van der Waals surface area contributed by atoms with Gasteiger partial charge in [-0.25, -0.2) is 32.3 Å². The highest BCUT2D eigenvalue weighted by atomic mass is 19.3. The molecule has 0 bridgehead atoms. The number of alkyl halides is 2. The van der Waals surface area contributed by atoms with E-state index in [1.165, 1.54) is 18.5 Å². The molecule has 2 aromatic heterocycles. The number of methoxy groups -OCH3 is 2. The second kappa shape index (κ2) is 14.0. The molecule has 5 rings (SSSR count). The molecule has 2 unspecified atom stereocenters. The van der Waals surface area contributed by atoms with Crippen molar-refractivity contribution < 1.29 is 36.6 Å². The minimum atomic E-state index is -3.00. The molecule has 3 heterocycles. The summed E-state index contributed by atoms with van der Waals surface area (Å²) in [4.78, 5) is 44.1. The van der Waals surface area contributed by atoms with E-state index in [9.17, 15) is 18.4 Å². The van der Waals surface area contributed by atoms with Gasteiger partial charge in [0.15, 0.2) is 28.9 Å². The Morgan fingerprint density at radius 2 is 1.83 bits per heavy atom. The summed E-state index contributed by atoms with van der Waals surface area (Å²) in [5.74, 6) is -2.85. The van der Waals surface area contributed by atoms with Gasteiger partial charge in [0, 0.05) is 36.5 Å². The monoisotopic (exact) mass is 644 g/mol. The van der Waals surface area contributed by atoms with Gasteiger partial charge in [-0.15, -0.1) is 0 Å². The molecule has 1 aliphatic carbocycles. The lowest BCUT2D eigenvalue weighted by molar-refractivity contribution is -0.115. The molecule has 0 saturated heterocycles. The van der Waals surface area contributed by atoms with Crippen LogP contribution in [-0.2, 0) is 11.3 Å². The minimum absolute atomic E-state index is 0.0241. The molecule has 0 radical (unpaired) electrons. The Labute approximate surface area is 261 Å². The van der Waals surface area contributed by atoms with Gasteiger partial charge in [-0.3, -0.25) is 14.6 Å². The summed E-state index contributed by atoms with van der Waals surface area (Å²) in [6.07, 6.45) is 5.19. The zero-order chi connectivity index (χ0) is 33.0. The van der Waals surface area contributed by atoms with Crippen LogP contribution in [0.5, 0.6) is 11.5 Å². The average Bonchev–Trinajstić information content (AvgIpc) is 3.04. The smallest absolute Gasteiger partial charge is 0.330 e. The number of fused-ring (bicyclic) bond motifs is 1. The second-order valence-electron chi connectivity index (χ2n) is 10.7. The lowest BCUT2D eigenvalue weighted by Gasteiger charge is -2.36. The number of aromatic nitrogens is 4. The largest absolute Gasteiger partial charge is 0.493 e. The van der Waals surface area contributed by atoms with Crippen LogP contribution in [0.4, 0.5) is 51.6 Å². The second-order valence-corrected chi connectivity index (χ2v) is 10.7. The molecular formula is C30H32F4N8O4. The number of carbonyl (C=O) groups excluding carboxylic acids is 2. The first-order valence-corrected chi connectivity index (χ1v) is 14.5. The molecule has 1 saturated carbocycles. The standard InChI is InChI=1S/C30H32F4N8O4/c1-4-18(43)11-16-7-5-6-8-19(16)37-28-35-10-9-23(38-28)39-29-36-13-17-14-41(30(44)42(15-22(31)32)27(17)40-29)26-24(33)20(45-2)12-21(46-3)25(26)34/h4,9-10,12-13,16,19,22H,1,5-8,11,14-15H2,2-3H3,(H2,35,36,37,38,39,40). The molecule has 2 N–H and O–H groups in total. The third kappa shape index (κ3) is 6.79. The van der Waals surface area contributed by atoms with Gasteiger partial charge >= 0.3 is 6.03 Å². The Kier molecular flexibility index (Phi) is 9.82. The number of ether oxygens (including phenoxy) is 2. The highest BCUT2D eigenvalue weighted by molar-refractivity contribution is 6.06. The Bertz CT molecular complexity index is 1600. The van der Waals surface area contributed by atoms with Crippen LogP contribution in [-0.4, -0.2) is 65.0 Å². The van der Waals surface area contributed by atoms with Crippen molar-refractivity contribution in [1.82, 2.24) is 19.9 Å². The highest BCUT2D eigenvalue weighted by Crippen LogP contribution is 2.41. The number of nitrogens with one attached hydrogen (secondary N) is 2. The predicted octanol–water partition coefficient (Wildman–Crippen LogP) is 5.63. The van der Waals surface area contributed by atoms with Gasteiger partial charge in [0.2, 0.25) is 11.9 Å². The van der Waals surface area contributed by atoms with Crippen LogP contribution in [0.2, 0.25) is 0 Å². The van der Waals surface area contributed by atoms with E-state index in [4.69, 9.17) is 9.47 Å². The number of nitrogens with zero attached hydrogens (tertiary/aromatic N) is 6. The molecule has 2 aliphatic rings. The fourth-order valence-corrected chi connectivity index (χ4v) is 5.63. The molecule has 1 fully saturated rings. The molecule has 244 valence electrons. The van der Waals surface area contributed by atoms with E-state index in [0.29, 0.717) is 22.2 Å². The number of hydrogen-bond acceptors (Lipinski definition) is 10. The van der Waals surface area contributed by atoms with E-state index < -0.39 is 54.4 Å². The Hall–Kier alpha value is -5.02. The van der Waals surface area contributed by atoms with E-state index in [2.05, 4.69) is 37.1 Å². The predicted molar refractivity (Wildman–Crippen MR) is 161 cm³/mol. The zero-order valence-corrected chi connectivity index (χ0v) is 25.1. The maximum atomic E-state index is 15.3. The summed E-state index contributed by atoms with van der Waals surface area (Å²) < 4.78 is 67.9. The maximum absolute atomic E-state index is 15.3. The third-order valence-electron chi connectivity index (χ3n) is 7.84. The number of benzene rings is 1. The van der Waals surface area contributed by atoms with Crippen molar-refractivity contribution >= 4 is 41.0 Å². The van der Waals surface area contributed by atoms with E-state index in [1.54, 1.807) is 6.07 Å². The number of allylic oxidation sites excluding steroid dienone is 1. The van der Waals surface area contributed by atoms with Crippen molar-refractivity contribution in [3.63, 3.8) is 0 Å². The lowest BCUT2D eigenvalue weighted by Crippen LogP contribution is -2.50. The van der Waals surface area contributed by atoms with Crippen molar-refractivity contribution in [2.75, 3.05) is 41.2 Å². The first-order valence-electron chi connectivity index (χ1n) is 14.5. The highest BCUT2D eigenvalue weighted by Gasteiger charge is 2.39. The van der Waals surface area contributed by atoms with Gasteiger partial charge in [0.25, 0.3) is 6.43 Å². The van der Waals surface area contributed by atoms with Crippen LogP contribution in [0.1, 0.15) is 37.7 Å². The number of carbonyl (C=O) groups is 2. The number of anilines is 5. The molecule has 3 aromatic rings. The number of amides is 2. The van der Waals surface area contributed by atoms with Crippen molar-refractivity contribution in [3.05, 3.63) is 54.4 Å².